The van der Waals surface area contributed by atoms with Gasteiger partial charge in [-0.1, -0.05) is 24.3 Å². The Hall–Kier alpha value is -5.57. The molecule has 0 radical (unpaired) electrons. The fraction of sp³-hybridized carbons (Fsp3) is 0.286. The highest BCUT2D eigenvalue weighted by Gasteiger charge is 2.44. The number of ether oxygens (including phenoxy) is 1. The van der Waals surface area contributed by atoms with E-state index in [-0.39, 0.29) is 44.0 Å². The first-order valence-electron chi connectivity index (χ1n) is 16.1. The van der Waals surface area contributed by atoms with Crippen molar-refractivity contribution in [1.29, 1.82) is 5.26 Å². The van der Waals surface area contributed by atoms with Gasteiger partial charge in [-0.3, -0.25) is 0 Å². The molecule has 3 atom stereocenters. The van der Waals surface area contributed by atoms with Crippen LogP contribution in [0.1, 0.15) is 35.1 Å². The molecule has 11 nitrogen and oxygen atoms in total. The van der Waals surface area contributed by atoms with Gasteiger partial charge in [0.15, 0.2) is 0 Å². The molecular weight excluding hydrogens is 774 g/mol. The number of hydrogen-bond acceptors (Lipinski definition) is 7. The van der Waals surface area contributed by atoms with E-state index in [9.17, 15) is 41.2 Å². The Morgan fingerprint density at radius 2 is 1.45 bits per heavy atom. The van der Waals surface area contributed by atoms with Gasteiger partial charge in [0.25, 0.3) is 0 Å². The average molecular weight is 804 g/mol. The lowest BCUT2D eigenvalue weighted by Gasteiger charge is -2.49. The van der Waals surface area contributed by atoms with Crippen molar-refractivity contribution in [2.45, 2.75) is 37.0 Å². The average Bonchev–Trinajstić information content (AvgIpc) is 3.12. The van der Waals surface area contributed by atoms with Crippen molar-refractivity contribution < 1.29 is 40.7 Å². The van der Waals surface area contributed by atoms with Crippen LogP contribution < -0.4 is 20.3 Å². The summed E-state index contributed by atoms with van der Waals surface area (Å²) < 4.78 is 82.0. The van der Waals surface area contributed by atoms with Crippen LogP contribution in [-0.2, 0) is 6.18 Å². The zero-order chi connectivity index (χ0) is 37.9. The van der Waals surface area contributed by atoms with E-state index in [2.05, 4.69) is 47.3 Å². The number of piperazine rings is 1. The maximum atomic E-state index is 13.9. The first-order chi connectivity index (χ1) is 25.2. The Balaban J connectivity index is 1.31. The van der Waals surface area contributed by atoms with E-state index in [1.807, 2.05) is 23.1 Å². The molecule has 2 aliphatic rings. The standard InChI is InChI=1S/C35H29BrF6N8O3/c36-22-17-44-31(45-18-22)49-16-15-48(32(51)46-24-9-11-25(12-10-24)53-35(40,41)42)20-30(49)28-19-50(29(13-14-43)27-4-2-1-3-26(27)28)33(52)47-23-7-5-21(6-8-23)34(37,38)39/h1-12,17-18,28-30H,13,15-16,19-20H2,(H,46,51)(H,47,52). The van der Waals surface area contributed by atoms with Crippen molar-refractivity contribution in [3.63, 3.8) is 0 Å². The number of anilines is 3. The Morgan fingerprint density at radius 1 is 0.849 bits per heavy atom. The zero-order valence-electron chi connectivity index (χ0n) is 27.4. The molecule has 2 N–H and O–H groups in total. The number of rotatable bonds is 6. The molecule has 1 saturated heterocycles. The van der Waals surface area contributed by atoms with Crippen LogP contribution in [-0.4, -0.2) is 70.4 Å². The van der Waals surface area contributed by atoms with E-state index in [0.29, 0.717) is 16.0 Å². The van der Waals surface area contributed by atoms with Gasteiger partial charge in [-0.25, -0.2) is 19.6 Å². The summed E-state index contributed by atoms with van der Waals surface area (Å²) in [4.78, 5) is 41.5. The summed E-state index contributed by atoms with van der Waals surface area (Å²) in [6, 6.07) is 15.8. The lowest BCUT2D eigenvalue weighted by Crippen LogP contribution is -2.60. The molecule has 3 heterocycles. The van der Waals surface area contributed by atoms with Gasteiger partial charge in [0.2, 0.25) is 5.95 Å². The van der Waals surface area contributed by atoms with Crippen LogP contribution in [0.15, 0.2) is 89.7 Å². The van der Waals surface area contributed by atoms with Crippen molar-refractivity contribution in [2.75, 3.05) is 41.7 Å². The van der Waals surface area contributed by atoms with E-state index in [1.54, 1.807) is 18.5 Å². The zero-order valence-corrected chi connectivity index (χ0v) is 29.0. The van der Waals surface area contributed by atoms with Gasteiger partial charge >= 0.3 is 24.6 Å². The molecule has 1 fully saturated rings. The third-order valence-electron chi connectivity index (χ3n) is 8.91. The number of fused-ring (bicyclic) bond motifs is 1. The van der Waals surface area contributed by atoms with Gasteiger partial charge < -0.3 is 30.1 Å². The number of halogens is 7. The summed E-state index contributed by atoms with van der Waals surface area (Å²) in [5.41, 5.74) is 0.984. The molecule has 0 bridgehead atoms. The number of amides is 4. The number of nitrogens with one attached hydrogen (secondary N) is 2. The Bertz CT molecular complexity index is 1970. The number of urea groups is 2. The van der Waals surface area contributed by atoms with Crippen LogP contribution in [0.3, 0.4) is 0 Å². The number of carbonyl (C=O) groups is 2. The number of nitrogens with zero attached hydrogens (tertiary/aromatic N) is 6. The monoisotopic (exact) mass is 802 g/mol. The molecular formula is C35H29BrF6N8O3. The van der Waals surface area contributed by atoms with Crippen LogP contribution in [0.2, 0.25) is 0 Å². The maximum Gasteiger partial charge on any atom is 0.573 e. The minimum Gasteiger partial charge on any atom is -0.406 e. The van der Waals surface area contributed by atoms with Crippen LogP contribution in [0.5, 0.6) is 5.75 Å². The van der Waals surface area contributed by atoms with Crippen molar-refractivity contribution in [1.82, 2.24) is 19.8 Å². The highest BCUT2D eigenvalue weighted by atomic mass is 79.9. The van der Waals surface area contributed by atoms with Crippen LogP contribution in [0, 0.1) is 11.3 Å². The highest BCUT2D eigenvalue weighted by molar-refractivity contribution is 9.10. The first kappa shape index (κ1) is 37.2. The molecule has 3 unspecified atom stereocenters. The van der Waals surface area contributed by atoms with Crippen molar-refractivity contribution in [3.8, 4) is 11.8 Å². The third kappa shape index (κ3) is 8.74. The SMILES string of the molecule is N#CCC1c2ccccc2C(C2CN(C(=O)Nc3ccc(OC(F)(F)F)cc3)CCN2c2ncc(Br)cn2)CN1C(=O)Nc1ccc(C(F)(F)F)cc1. The van der Waals surface area contributed by atoms with E-state index >= 15 is 0 Å². The summed E-state index contributed by atoms with van der Waals surface area (Å²) >= 11 is 3.35. The largest absolute Gasteiger partial charge is 0.573 e. The van der Waals surface area contributed by atoms with Gasteiger partial charge in [-0.05, 0) is 75.6 Å². The Kier molecular flexibility index (Phi) is 10.7. The Labute approximate surface area is 307 Å². The molecule has 3 aromatic carbocycles. The quantitative estimate of drug-likeness (QED) is 0.189. The van der Waals surface area contributed by atoms with E-state index in [4.69, 9.17) is 0 Å². The molecule has 0 saturated carbocycles. The molecule has 6 rings (SSSR count). The third-order valence-corrected chi connectivity index (χ3v) is 9.32. The van der Waals surface area contributed by atoms with E-state index < -0.39 is 53.9 Å². The molecule has 4 amide bonds. The highest BCUT2D eigenvalue weighted by Crippen LogP contribution is 2.42. The second-order valence-corrected chi connectivity index (χ2v) is 13.1. The van der Waals surface area contributed by atoms with Gasteiger partial charge in [-0.2, -0.15) is 18.4 Å². The lowest BCUT2D eigenvalue weighted by atomic mass is 9.79. The van der Waals surface area contributed by atoms with Crippen LogP contribution in [0.4, 0.5) is 53.3 Å². The number of benzene rings is 3. The predicted molar refractivity (Wildman–Crippen MR) is 184 cm³/mol. The molecule has 1 aromatic heterocycles. The lowest BCUT2D eigenvalue weighted by molar-refractivity contribution is -0.274. The fourth-order valence-electron chi connectivity index (χ4n) is 6.54. The number of aromatic nitrogens is 2. The molecule has 276 valence electrons. The van der Waals surface area contributed by atoms with Gasteiger partial charge in [0.1, 0.15) is 5.75 Å². The molecule has 18 heteroatoms. The van der Waals surface area contributed by atoms with Crippen molar-refractivity contribution in [2.24, 2.45) is 0 Å². The second kappa shape index (κ2) is 15.2. The molecule has 53 heavy (non-hydrogen) atoms. The summed E-state index contributed by atoms with van der Waals surface area (Å²) in [5, 5.41) is 15.2. The topological polar surface area (TPSA) is 127 Å². The summed E-state index contributed by atoms with van der Waals surface area (Å²) in [6.07, 6.45) is -6.35. The summed E-state index contributed by atoms with van der Waals surface area (Å²) in [6.45, 7) is 0.608. The van der Waals surface area contributed by atoms with Crippen LogP contribution in [0.25, 0.3) is 0 Å². The molecule has 2 aliphatic heterocycles. The second-order valence-electron chi connectivity index (χ2n) is 12.2. The summed E-state index contributed by atoms with van der Waals surface area (Å²) in [7, 11) is 0. The fourth-order valence-corrected chi connectivity index (χ4v) is 6.74. The predicted octanol–water partition coefficient (Wildman–Crippen LogP) is 8.17. The Morgan fingerprint density at radius 3 is 2.06 bits per heavy atom. The smallest absolute Gasteiger partial charge is 0.406 e. The first-order valence-corrected chi connectivity index (χ1v) is 16.9. The number of hydrogen-bond donors (Lipinski definition) is 2. The van der Waals surface area contributed by atoms with Crippen LogP contribution >= 0.6 is 15.9 Å². The minimum absolute atomic E-state index is 0.0453. The van der Waals surface area contributed by atoms with Gasteiger partial charge in [-0.15, -0.1) is 13.2 Å². The normalized spacial score (nSPS) is 18.8. The molecule has 4 aromatic rings. The maximum absolute atomic E-state index is 13.9. The number of alkyl halides is 6. The van der Waals surface area contributed by atoms with Crippen molar-refractivity contribution in [3.05, 3.63) is 106 Å². The molecule has 0 spiro atoms. The number of carbonyl (C=O) groups excluding carboxylic acids is 2. The van der Waals surface area contributed by atoms with Gasteiger partial charge in [0.05, 0.1) is 34.6 Å². The van der Waals surface area contributed by atoms with Crippen molar-refractivity contribution >= 4 is 45.3 Å². The van der Waals surface area contributed by atoms with E-state index in [0.717, 1.165) is 42.0 Å². The number of nitriles is 1. The van der Waals surface area contributed by atoms with E-state index in [1.165, 1.54) is 21.9 Å². The van der Waals surface area contributed by atoms with Gasteiger partial charge in [0, 0.05) is 55.9 Å². The minimum atomic E-state index is -4.87. The summed E-state index contributed by atoms with van der Waals surface area (Å²) in [5.74, 6) is -0.590. The molecule has 0 aliphatic carbocycles.